The molecule has 1 amide bonds. The van der Waals surface area contributed by atoms with Gasteiger partial charge in [-0.05, 0) is 42.5 Å². The monoisotopic (exact) mass is 294 g/mol. The van der Waals surface area contributed by atoms with Crippen molar-refractivity contribution in [3.8, 4) is 6.07 Å². The fraction of sp³-hybridized carbons (Fsp3) is 0.333. The van der Waals surface area contributed by atoms with Crippen molar-refractivity contribution in [2.24, 2.45) is 0 Å². The third-order valence-corrected chi connectivity index (χ3v) is 4.19. The molecule has 0 atom stereocenters. The van der Waals surface area contributed by atoms with Crippen LogP contribution in [0.2, 0.25) is 0 Å². The van der Waals surface area contributed by atoms with Crippen molar-refractivity contribution >= 4 is 11.6 Å². The van der Waals surface area contributed by atoms with Crippen LogP contribution in [-0.2, 0) is 0 Å². The second kappa shape index (κ2) is 6.48. The minimum atomic E-state index is -0.315. The molecule has 22 heavy (non-hydrogen) atoms. The fourth-order valence-electron chi connectivity index (χ4n) is 3.08. The lowest BCUT2D eigenvalue weighted by Gasteiger charge is -2.24. The number of furan rings is 1. The van der Waals surface area contributed by atoms with E-state index in [1.807, 2.05) is 24.3 Å². The van der Waals surface area contributed by atoms with Crippen LogP contribution >= 0.6 is 0 Å². The van der Waals surface area contributed by atoms with Crippen LogP contribution in [0.1, 0.15) is 59.9 Å². The number of nitriles is 1. The molecule has 1 saturated carbocycles. The number of amides is 1. The van der Waals surface area contributed by atoms with E-state index in [0.29, 0.717) is 5.92 Å². The Bertz CT molecular complexity index is 706. The van der Waals surface area contributed by atoms with Crippen molar-refractivity contribution in [3.63, 3.8) is 0 Å². The van der Waals surface area contributed by atoms with Gasteiger partial charge in [-0.25, -0.2) is 0 Å². The van der Waals surface area contributed by atoms with E-state index < -0.39 is 0 Å². The second-order valence-corrected chi connectivity index (χ2v) is 5.65. The molecule has 1 fully saturated rings. The van der Waals surface area contributed by atoms with Crippen LogP contribution in [0.5, 0.6) is 0 Å². The number of carbonyl (C=O) groups is 1. The van der Waals surface area contributed by atoms with E-state index in [1.165, 1.54) is 49.8 Å². The Morgan fingerprint density at radius 2 is 1.91 bits per heavy atom. The molecule has 1 aliphatic rings. The number of nitrogens with zero attached hydrogens (tertiary/aromatic N) is 1. The van der Waals surface area contributed by atoms with Gasteiger partial charge in [0, 0.05) is 5.69 Å². The standard InChI is InChI=1S/C18H18N2O2/c19-12-14-10-11-17(22-14)18(21)20-16-9-5-4-8-15(16)13-6-2-1-3-7-13/h4-5,8-11,13H,1-3,6-7H2,(H,20,21). The molecule has 1 aromatic heterocycles. The smallest absolute Gasteiger partial charge is 0.291 e. The summed E-state index contributed by atoms with van der Waals surface area (Å²) in [6.07, 6.45) is 6.14. The van der Waals surface area contributed by atoms with E-state index in [2.05, 4.69) is 11.4 Å². The molecule has 112 valence electrons. The first-order valence-electron chi connectivity index (χ1n) is 7.68. The van der Waals surface area contributed by atoms with Crippen molar-refractivity contribution in [1.29, 1.82) is 5.26 Å². The number of para-hydroxylation sites is 1. The normalized spacial score (nSPS) is 15.2. The molecule has 3 rings (SSSR count). The molecular formula is C18H18N2O2. The van der Waals surface area contributed by atoms with Gasteiger partial charge in [0.15, 0.2) is 5.76 Å². The number of benzene rings is 1. The van der Waals surface area contributed by atoms with Crippen LogP contribution in [-0.4, -0.2) is 5.91 Å². The topological polar surface area (TPSA) is 66.0 Å². The number of nitrogens with one attached hydrogen (secondary N) is 1. The molecule has 0 saturated heterocycles. The van der Waals surface area contributed by atoms with Gasteiger partial charge in [0.05, 0.1) is 0 Å². The van der Waals surface area contributed by atoms with Crippen LogP contribution in [0.3, 0.4) is 0 Å². The summed E-state index contributed by atoms with van der Waals surface area (Å²) in [6.45, 7) is 0. The first kappa shape index (κ1) is 14.4. The third kappa shape index (κ3) is 3.04. The van der Waals surface area contributed by atoms with Crippen molar-refractivity contribution in [2.45, 2.75) is 38.0 Å². The zero-order valence-corrected chi connectivity index (χ0v) is 12.3. The highest BCUT2D eigenvalue weighted by molar-refractivity contribution is 6.02. The van der Waals surface area contributed by atoms with Crippen molar-refractivity contribution in [1.82, 2.24) is 0 Å². The summed E-state index contributed by atoms with van der Waals surface area (Å²) < 4.78 is 5.18. The molecule has 0 bridgehead atoms. The number of hydrogen-bond donors (Lipinski definition) is 1. The lowest BCUT2D eigenvalue weighted by Crippen LogP contribution is -2.14. The maximum Gasteiger partial charge on any atom is 0.291 e. The van der Waals surface area contributed by atoms with E-state index in [9.17, 15) is 4.79 Å². The van der Waals surface area contributed by atoms with Gasteiger partial charge in [-0.1, -0.05) is 37.5 Å². The van der Waals surface area contributed by atoms with E-state index in [4.69, 9.17) is 9.68 Å². The Morgan fingerprint density at radius 1 is 1.14 bits per heavy atom. The molecule has 0 unspecified atom stereocenters. The number of hydrogen-bond acceptors (Lipinski definition) is 3. The quantitative estimate of drug-likeness (QED) is 0.909. The predicted octanol–water partition coefficient (Wildman–Crippen LogP) is 4.45. The summed E-state index contributed by atoms with van der Waals surface area (Å²) in [5.74, 6) is 0.502. The maximum atomic E-state index is 12.3. The van der Waals surface area contributed by atoms with Gasteiger partial charge >= 0.3 is 0 Å². The average Bonchev–Trinajstić information content (AvgIpc) is 3.05. The highest BCUT2D eigenvalue weighted by atomic mass is 16.3. The van der Waals surface area contributed by atoms with E-state index in [-0.39, 0.29) is 17.4 Å². The van der Waals surface area contributed by atoms with Gasteiger partial charge in [-0.2, -0.15) is 5.26 Å². The Labute approximate surface area is 129 Å². The number of anilines is 1. The summed E-state index contributed by atoms with van der Waals surface area (Å²) in [7, 11) is 0. The molecule has 1 N–H and O–H groups in total. The first-order chi connectivity index (χ1) is 10.8. The molecule has 0 aliphatic heterocycles. The number of rotatable bonds is 3. The average molecular weight is 294 g/mol. The lowest BCUT2D eigenvalue weighted by molar-refractivity contribution is 0.0996. The summed E-state index contributed by atoms with van der Waals surface area (Å²) in [5.41, 5.74) is 2.04. The van der Waals surface area contributed by atoms with Crippen molar-refractivity contribution in [3.05, 3.63) is 53.5 Å². The predicted molar refractivity (Wildman–Crippen MR) is 83.6 cm³/mol. The Morgan fingerprint density at radius 3 is 2.64 bits per heavy atom. The van der Waals surface area contributed by atoms with E-state index in [0.717, 1.165) is 5.69 Å². The molecule has 1 aliphatic carbocycles. The molecule has 0 radical (unpaired) electrons. The van der Waals surface area contributed by atoms with E-state index >= 15 is 0 Å². The van der Waals surface area contributed by atoms with Gasteiger partial charge in [0.25, 0.3) is 5.91 Å². The van der Waals surface area contributed by atoms with Crippen LogP contribution in [0, 0.1) is 11.3 Å². The lowest BCUT2D eigenvalue weighted by atomic mass is 9.83. The van der Waals surface area contributed by atoms with Crippen molar-refractivity contribution < 1.29 is 9.21 Å². The zero-order valence-electron chi connectivity index (χ0n) is 12.3. The van der Waals surface area contributed by atoms with Crippen LogP contribution in [0.4, 0.5) is 5.69 Å². The van der Waals surface area contributed by atoms with Gasteiger partial charge < -0.3 is 9.73 Å². The summed E-state index contributed by atoms with van der Waals surface area (Å²) in [5, 5.41) is 11.7. The van der Waals surface area contributed by atoms with Crippen LogP contribution in [0.15, 0.2) is 40.8 Å². The largest absolute Gasteiger partial charge is 0.440 e. The SMILES string of the molecule is N#Cc1ccc(C(=O)Nc2ccccc2C2CCCCC2)o1. The second-order valence-electron chi connectivity index (χ2n) is 5.65. The summed E-state index contributed by atoms with van der Waals surface area (Å²) in [4.78, 5) is 12.3. The minimum absolute atomic E-state index is 0.144. The van der Waals surface area contributed by atoms with Gasteiger partial charge in [-0.3, -0.25) is 4.79 Å². The van der Waals surface area contributed by atoms with Crippen LogP contribution < -0.4 is 5.32 Å². The molecule has 4 heteroatoms. The molecule has 2 aromatic rings. The highest BCUT2D eigenvalue weighted by Crippen LogP contribution is 2.36. The zero-order chi connectivity index (χ0) is 15.4. The number of carbonyl (C=O) groups excluding carboxylic acids is 1. The maximum absolute atomic E-state index is 12.3. The first-order valence-corrected chi connectivity index (χ1v) is 7.68. The molecule has 1 heterocycles. The Balaban J connectivity index is 1.80. The van der Waals surface area contributed by atoms with E-state index in [1.54, 1.807) is 0 Å². The Kier molecular flexibility index (Phi) is 4.24. The van der Waals surface area contributed by atoms with Crippen LogP contribution in [0.25, 0.3) is 0 Å². The Hall–Kier alpha value is -2.54. The molecule has 1 aromatic carbocycles. The fourth-order valence-corrected chi connectivity index (χ4v) is 3.08. The highest BCUT2D eigenvalue weighted by Gasteiger charge is 2.20. The minimum Gasteiger partial charge on any atom is -0.440 e. The summed E-state index contributed by atoms with van der Waals surface area (Å²) >= 11 is 0. The molecule has 4 nitrogen and oxygen atoms in total. The molecule has 0 spiro atoms. The third-order valence-electron chi connectivity index (χ3n) is 4.19. The summed E-state index contributed by atoms with van der Waals surface area (Å²) in [6, 6.07) is 12.9. The molecular weight excluding hydrogens is 276 g/mol. The van der Waals surface area contributed by atoms with Gasteiger partial charge in [-0.15, -0.1) is 0 Å². The van der Waals surface area contributed by atoms with Gasteiger partial charge in [0.2, 0.25) is 5.76 Å². The van der Waals surface area contributed by atoms with Crippen molar-refractivity contribution in [2.75, 3.05) is 5.32 Å². The van der Waals surface area contributed by atoms with Gasteiger partial charge in [0.1, 0.15) is 6.07 Å².